The molecule has 1 aliphatic carbocycles. The lowest BCUT2D eigenvalue weighted by Gasteiger charge is -2.18. The largest absolute Gasteiger partial charge is 0.395 e. The standard InChI is InChI=1S/C13H17ClN2O2/c14-11-4-2-1-3-10(11)13(5-6-13)9-16-12(18)15-7-8-17/h1-4,17H,5-9H2,(H2,15,16,18). The Morgan fingerprint density at radius 2 is 2.06 bits per heavy atom. The molecule has 0 atom stereocenters. The van der Waals surface area contributed by atoms with Crippen LogP contribution in [-0.4, -0.2) is 30.8 Å². The summed E-state index contributed by atoms with van der Waals surface area (Å²) in [5, 5.41) is 14.8. The lowest BCUT2D eigenvalue weighted by atomic mass is 9.96. The van der Waals surface area contributed by atoms with E-state index in [4.69, 9.17) is 16.7 Å². The molecule has 4 nitrogen and oxygen atoms in total. The number of nitrogens with one attached hydrogen (secondary N) is 2. The van der Waals surface area contributed by atoms with E-state index in [1.807, 2.05) is 24.3 Å². The number of aliphatic hydroxyl groups excluding tert-OH is 1. The zero-order chi connectivity index (χ0) is 13.0. The van der Waals surface area contributed by atoms with Gasteiger partial charge in [-0.25, -0.2) is 4.79 Å². The Balaban J connectivity index is 1.93. The van der Waals surface area contributed by atoms with Gasteiger partial charge in [-0.2, -0.15) is 0 Å². The van der Waals surface area contributed by atoms with Gasteiger partial charge in [-0.15, -0.1) is 0 Å². The molecule has 1 fully saturated rings. The van der Waals surface area contributed by atoms with E-state index in [1.54, 1.807) is 0 Å². The highest BCUT2D eigenvalue weighted by Gasteiger charge is 2.45. The predicted octanol–water partition coefficient (Wildman–Crippen LogP) is 1.66. The Labute approximate surface area is 111 Å². The molecule has 0 bridgehead atoms. The molecule has 2 amide bonds. The molecule has 3 N–H and O–H groups in total. The monoisotopic (exact) mass is 268 g/mol. The van der Waals surface area contributed by atoms with E-state index >= 15 is 0 Å². The Morgan fingerprint density at radius 3 is 2.67 bits per heavy atom. The van der Waals surface area contributed by atoms with Crippen LogP contribution in [0.5, 0.6) is 0 Å². The Kier molecular flexibility index (Phi) is 4.09. The van der Waals surface area contributed by atoms with E-state index in [9.17, 15) is 4.79 Å². The quantitative estimate of drug-likeness (QED) is 0.761. The van der Waals surface area contributed by atoms with Crippen molar-refractivity contribution in [2.75, 3.05) is 19.7 Å². The molecular formula is C13H17ClN2O2. The summed E-state index contributed by atoms with van der Waals surface area (Å²) in [6.45, 7) is 0.794. The molecule has 1 aromatic rings. The number of aliphatic hydroxyl groups is 1. The van der Waals surface area contributed by atoms with Crippen molar-refractivity contribution in [3.8, 4) is 0 Å². The summed E-state index contributed by atoms with van der Waals surface area (Å²) in [5.41, 5.74) is 1.10. The molecule has 1 aliphatic rings. The van der Waals surface area contributed by atoms with Crippen LogP contribution >= 0.6 is 11.6 Å². The molecule has 0 unspecified atom stereocenters. The van der Waals surface area contributed by atoms with Crippen LogP contribution < -0.4 is 10.6 Å². The van der Waals surface area contributed by atoms with Gasteiger partial charge in [-0.05, 0) is 24.5 Å². The lowest BCUT2D eigenvalue weighted by molar-refractivity contribution is 0.233. The number of halogens is 1. The lowest BCUT2D eigenvalue weighted by Crippen LogP contribution is -2.40. The summed E-state index contributed by atoms with van der Waals surface area (Å²) in [4.78, 5) is 11.4. The van der Waals surface area contributed by atoms with E-state index in [2.05, 4.69) is 10.6 Å². The normalized spacial score (nSPS) is 16.1. The molecule has 18 heavy (non-hydrogen) atoms. The SMILES string of the molecule is O=C(NCCO)NCC1(c2ccccc2Cl)CC1. The highest BCUT2D eigenvalue weighted by atomic mass is 35.5. The van der Waals surface area contributed by atoms with Crippen molar-refractivity contribution in [2.45, 2.75) is 18.3 Å². The Morgan fingerprint density at radius 1 is 1.33 bits per heavy atom. The van der Waals surface area contributed by atoms with Crippen LogP contribution in [0, 0.1) is 0 Å². The molecule has 2 rings (SSSR count). The molecule has 0 heterocycles. The minimum Gasteiger partial charge on any atom is -0.395 e. The number of amides is 2. The maximum absolute atomic E-state index is 11.4. The van der Waals surface area contributed by atoms with E-state index < -0.39 is 0 Å². The van der Waals surface area contributed by atoms with E-state index in [0.717, 1.165) is 23.4 Å². The van der Waals surface area contributed by atoms with Crippen molar-refractivity contribution in [1.29, 1.82) is 0 Å². The minimum atomic E-state index is -0.248. The van der Waals surface area contributed by atoms with Crippen LogP contribution in [0.2, 0.25) is 5.02 Å². The topological polar surface area (TPSA) is 61.4 Å². The zero-order valence-electron chi connectivity index (χ0n) is 10.1. The summed E-state index contributed by atoms with van der Waals surface area (Å²) in [5.74, 6) is 0. The number of hydrogen-bond donors (Lipinski definition) is 3. The van der Waals surface area contributed by atoms with Gasteiger partial charge in [0.15, 0.2) is 0 Å². The fourth-order valence-electron chi connectivity index (χ4n) is 2.06. The summed E-state index contributed by atoms with van der Waals surface area (Å²) in [6, 6.07) is 7.52. The highest BCUT2D eigenvalue weighted by Crippen LogP contribution is 2.49. The van der Waals surface area contributed by atoms with Gasteiger partial charge in [0.2, 0.25) is 0 Å². The third kappa shape index (κ3) is 2.94. The predicted molar refractivity (Wildman–Crippen MR) is 70.9 cm³/mol. The number of rotatable bonds is 5. The van der Waals surface area contributed by atoms with Crippen molar-refractivity contribution >= 4 is 17.6 Å². The summed E-state index contributed by atoms with van der Waals surface area (Å²) in [7, 11) is 0. The van der Waals surface area contributed by atoms with Crippen molar-refractivity contribution in [3.63, 3.8) is 0 Å². The maximum atomic E-state index is 11.4. The van der Waals surface area contributed by atoms with Gasteiger partial charge in [-0.3, -0.25) is 0 Å². The fourth-order valence-corrected chi connectivity index (χ4v) is 2.40. The zero-order valence-corrected chi connectivity index (χ0v) is 10.8. The van der Waals surface area contributed by atoms with Gasteiger partial charge >= 0.3 is 6.03 Å². The molecule has 1 saturated carbocycles. The van der Waals surface area contributed by atoms with Gasteiger partial charge in [0.05, 0.1) is 6.61 Å². The molecule has 0 spiro atoms. The first-order chi connectivity index (χ1) is 8.68. The molecular weight excluding hydrogens is 252 g/mol. The molecule has 5 heteroatoms. The second-order valence-corrected chi connectivity index (χ2v) is 5.00. The molecule has 0 radical (unpaired) electrons. The van der Waals surface area contributed by atoms with Crippen LogP contribution in [0.1, 0.15) is 18.4 Å². The van der Waals surface area contributed by atoms with Crippen LogP contribution in [0.25, 0.3) is 0 Å². The summed E-state index contributed by atoms with van der Waals surface area (Å²) >= 11 is 6.19. The molecule has 0 saturated heterocycles. The molecule has 0 aromatic heterocycles. The molecule has 98 valence electrons. The Hall–Kier alpha value is -1.26. The van der Waals surface area contributed by atoms with Crippen LogP contribution in [0.3, 0.4) is 0 Å². The smallest absolute Gasteiger partial charge is 0.314 e. The van der Waals surface area contributed by atoms with E-state index in [0.29, 0.717) is 6.54 Å². The highest BCUT2D eigenvalue weighted by molar-refractivity contribution is 6.31. The maximum Gasteiger partial charge on any atom is 0.314 e. The second kappa shape index (κ2) is 5.59. The first-order valence-electron chi connectivity index (χ1n) is 6.05. The Bertz CT molecular complexity index is 433. The second-order valence-electron chi connectivity index (χ2n) is 4.59. The van der Waals surface area contributed by atoms with E-state index in [1.165, 1.54) is 0 Å². The van der Waals surface area contributed by atoms with E-state index in [-0.39, 0.29) is 24.6 Å². The van der Waals surface area contributed by atoms with Crippen LogP contribution in [0.4, 0.5) is 4.79 Å². The number of benzene rings is 1. The summed E-state index contributed by atoms with van der Waals surface area (Å²) < 4.78 is 0. The number of carbonyl (C=O) groups excluding carboxylic acids is 1. The number of urea groups is 1. The fraction of sp³-hybridized carbons (Fsp3) is 0.462. The van der Waals surface area contributed by atoms with Crippen molar-refractivity contribution in [2.24, 2.45) is 0 Å². The van der Waals surface area contributed by atoms with Gasteiger partial charge in [-0.1, -0.05) is 29.8 Å². The minimum absolute atomic E-state index is 0.00506. The van der Waals surface area contributed by atoms with Gasteiger partial charge < -0.3 is 15.7 Å². The first kappa shape index (κ1) is 13.2. The summed E-state index contributed by atoms with van der Waals surface area (Å²) in [6.07, 6.45) is 2.08. The van der Waals surface area contributed by atoms with Gasteiger partial charge in [0.25, 0.3) is 0 Å². The third-order valence-corrected chi connectivity index (χ3v) is 3.61. The molecule has 1 aromatic carbocycles. The first-order valence-corrected chi connectivity index (χ1v) is 6.43. The van der Waals surface area contributed by atoms with Crippen molar-refractivity contribution in [3.05, 3.63) is 34.9 Å². The molecule has 0 aliphatic heterocycles. The van der Waals surface area contributed by atoms with Crippen molar-refractivity contribution < 1.29 is 9.90 Å². The average molecular weight is 269 g/mol. The van der Waals surface area contributed by atoms with Crippen molar-refractivity contribution in [1.82, 2.24) is 10.6 Å². The number of hydrogen-bond acceptors (Lipinski definition) is 2. The third-order valence-electron chi connectivity index (χ3n) is 3.28. The average Bonchev–Trinajstić information content (AvgIpc) is 3.15. The van der Waals surface area contributed by atoms with Gasteiger partial charge in [0, 0.05) is 23.5 Å². The van der Waals surface area contributed by atoms with Crippen LogP contribution in [-0.2, 0) is 5.41 Å². The van der Waals surface area contributed by atoms with Crippen LogP contribution in [0.15, 0.2) is 24.3 Å². The number of carbonyl (C=O) groups is 1. The van der Waals surface area contributed by atoms with Gasteiger partial charge in [0.1, 0.15) is 0 Å².